The average Bonchev–Trinajstić information content (AvgIpc) is 2.84. The number of hydrogen-bond acceptors (Lipinski definition) is 3. The molecule has 0 saturated carbocycles. The number of carbonyl (C=O) groups excluding carboxylic acids is 1. The number of hydrogen-bond donors (Lipinski definition) is 3. The predicted molar refractivity (Wildman–Crippen MR) is 147 cm³/mol. The van der Waals surface area contributed by atoms with Crippen LogP contribution in [0.4, 0.5) is 0 Å². The second-order valence-corrected chi connectivity index (χ2v) is 9.81. The van der Waals surface area contributed by atoms with Gasteiger partial charge in [0, 0.05) is 6.42 Å². The van der Waals surface area contributed by atoms with Crippen molar-refractivity contribution in [1.82, 2.24) is 5.32 Å². The van der Waals surface area contributed by atoms with E-state index in [2.05, 4.69) is 31.3 Å². The van der Waals surface area contributed by atoms with Gasteiger partial charge in [-0.3, -0.25) is 4.79 Å². The second kappa shape index (κ2) is 26.5. The lowest BCUT2D eigenvalue weighted by atomic mass is 10.1. The molecule has 4 heteroatoms. The highest BCUT2D eigenvalue weighted by Gasteiger charge is 2.17. The quantitative estimate of drug-likeness (QED) is 0.0924. The first kappa shape index (κ1) is 32.9. The lowest BCUT2D eigenvalue weighted by Crippen LogP contribution is -2.45. The minimum atomic E-state index is -0.834. The molecule has 34 heavy (non-hydrogen) atoms. The van der Waals surface area contributed by atoms with E-state index in [9.17, 15) is 15.0 Å². The van der Waals surface area contributed by atoms with Crippen LogP contribution in [0, 0.1) is 0 Å². The van der Waals surface area contributed by atoms with Gasteiger partial charge < -0.3 is 15.5 Å². The highest BCUT2D eigenvalue weighted by molar-refractivity contribution is 5.76. The highest BCUT2D eigenvalue weighted by Crippen LogP contribution is 2.11. The summed E-state index contributed by atoms with van der Waals surface area (Å²) >= 11 is 0. The molecule has 1 amide bonds. The van der Waals surface area contributed by atoms with Gasteiger partial charge >= 0.3 is 0 Å². The van der Waals surface area contributed by atoms with E-state index in [1.54, 1.807) is 6.08 Å². The number of carbonyl (C=O) groups is 1. The molecule has 0 aromatic carbocycles. The Morgan fingerprint density at radius 2 is 1.12 bits per heavy atom. The van der Waals surface area contributed by atoms with E-state index < -0.39 is 12.1 Å². The van der Waals surface area contributed by atoms with E-state index in [0.717, 1.165) is 32.1 Å². The molecule has 0 aliphatic heterocycles. The van der Waals surface area contributed by atoms with Crippen molar-refractivity contribution in [1.29, 1.82) is 0 Å². The van der Waals surface area contributed by atoms with Crippen LogP contribution in [0.5, 0.6) is 0 Å². The van der Waals surface area contributed by atoms with Crippen molar-refractivity contribution in [3.63, 3.8) is 0 Å². The standard InChI is InChI=1S/C30H57NO3/c1-3-5-7-9-11-12-13-14-15-16-17-18-19-20-22-24-26-30(34)31-28(27-32)29(33)25-23-21-10-8-6-4-2/h15-16,23,25,28-29,32-33H,3-14,17-22,24,26-27H2,1-2H3,(H,31,34)/b16-15-,25-23+. The summed E-state index contributed by atoms with van der Waals surface area (Å²) in [4.78, 5) is 12.1. The summed E-state index contributed by atoms with van der Waals surface area (Å²) < 4.78 is 0. The van der Waals surface area contributed by atoms with Crippen molar-refractivity contribution in [3.05, 3.63) is 24.3 Å². The number of nitrogens with one attached hydrogen (secondary N) is 1. The molecule has 0 rings (SSSR count). The molecule has 0 aliphatic rings. The Bertz CT molecular complexity index is 489. The summed E-state index contributed by atoms with van der Waals surface area (Å²) in [7, 11) is 0. The number of allylic oxidation sites excluding steroid dienone is 3. The lowest BCUT2D eigenvalue weighted by Gasteiger charge is -2.20. The van der Waals surface area contributed by atoms with Crippen LogP contribution in [0.1, 0.15) is 142 Å². The van der Waals surface area contributed by atoms with E-state index in [1.165, 1.54) is 89.9 Å². The van der Waals surface area contributed by atoms with E-state index in [1.807, 2.05) is 6.08 Å². The molecular weight excluding hydrogens is 422 g/mol. The number of aliphatic hydroxyl groups is 2. The first-order valence-corrected chi connectivity index (χ1v) is 14.6. The van der Waals surface area contributed by atoms with Crippen molar-refractivity contribution in [2.75, 3.05) is 6.61 Å². The summed E-state index contributed by atoms with van der Waals surface area (Å²) in [6.07, 6.45) is 31.2. The summed E-state index contributed by atoms with van der Waals surface area (Å²) in [5, 5.41) is 22.5. The SMILES string of the molecule is CCCCCC/C=C/C(O)C(CO)NC(=O)CCCCCCC/C=C\CCCCCCCCC. The monoisotopic (exact) mass is 479 g/mol. The van der Waals surface area contributed by atoms with E-state index in [0.29, 0.717) is 6.42 Å². The molecule has 0 fully saturated rings. The van der Waals surface area contributed by atoms with Gasteiger partial charge in [-0.1, -0.05) is 115 Å². The van der Waals surface area contributed by atoms with Gasteiger partial charge in [0.15, 0.2) is 0 Å². The minimum absolute atomic E-state index is 0.0808. The summed E-state index contributed by atoms with van der Waals surface area (Å²) in [6.45, 7) is 4.20. The Morgan fingerprint density at radius 1 is 0.676 bits per heavy atom. The van der Waals surface area contributed by atoms with Crippen LogP contribution in [0.15, 0.2) is 24.3 Å². The third kappa shape index (κ3) is 22.7. The smallest absolute Gasteiger partial charge is 0.220 e. The van der Waals surface area contributed by atoms with Crippen molar-refractivity contribution >= 4 is 5.91 Å². The average molecular weight is 480 g/mol. The minimum Gasteiger partial charge on any atom is -0.394 e. The third-order valence-electron chi connectivity index (χ3n) is 6.43. The van der Waals surface area contributed by atoms with Gasteiger partial charge in [-0.15, -0.1) is 0 Å². The first-order valence-electron chi connectivity index (χ1n) is 14.6. The highest BCUT2D eigenvalue weighted by atomic mass is 16.3. The zero-order valence-electron chi connectivity index (χ0n) is 22.6. The number of unbranched alkanes of at least 4 members (excludes halogenated alkanes) is 16. The largest absolute Gasteiger partial charge is 0.394 e. The molecule has 2 atom stereocenters. The summed E-state index contributed by atoms with van der Waals surface area (Å²) in [5.41, 5.74) is 0. The zero-order chi connectivity index (χ0) is 25.1. The molecule has 0 spiro atoms. The van der Waals surface area contributed by atoms with E-state index in [4.69, 9.17) is 0 Å². The number of aliphatic hydroxyl groups excluding tert-OH is 2. The molecule has 0 saturated heterocycles. The van der Waals surface area contributed by atoms with Crippen molar-refractivity contribution in [2.24, 2.45) is 0 Å². The van der Waals surface area contributed by atoms with Crippen LogP contribution in [-0.2, 0) is 4.79 Å². The maximum atomic E-state index is 12.1. The van der Waals surface area contributed by atoms with Crippen molar-refractivity contribution in [2.45, 2.75) is 154 Å². The maximum absolute atomic E-state index is 12.1. The summed E-state index contributed by atoms with van der Waals surface area (Å²) in [6, 6.07) is -0.618. The lowest BCUT2D eigenvalue weighted by molar-refractivity contribution is -0.123. The Labute approximate surface area is 211 Å². The summed E-state index contributed by atoms with van der Waals surface area (Å²) in [5.74, 6) is -0.0808. The van der Waals surface area contributed by atoms with Gasteiger partial charge in [-0.05, 0) is 44.9 Å². The van der Waals surface area contributed by atoms with Crippen LogP contribution in [0.25, 0.3) is 0 Å². The van der Waals surface area contributed by atoms with Gasteiger partial charge in [0.1, 0.15) is 0 Å². The van der Waals surface area contributed by atoms with Gasteiger partial charge in [0.25, 0.3) is 0 Å². The van der Waals surface area contributed by atoms with Gasteiger partial charge in [0.2, 0.25) is 5.91 Å². The topological polar surface area (TPSA) is 69.6 Å². The van der Waals surface area contributed by atoms with Crippen LogP contribution < -0.4 is 5.32 Å². The molecule has 2 unspecified atom stereocenters. The molecule has 0 aromatic heterocycles. The number of amides is 1. The molecule has 0 aliphatic carbocycles. The molecule has 0 heterocycles. The molecule has 200 valence electrons. The van der Waals surface area contributed by atoms with E-state index in [-0.39, 0.29) is 12.5 Å². The zero-order valence-corrected chi connectivity index (χ0v) is 22.6. The van der Waals surface area contributed by atoms with Gasteiger partial charge in [0.05, 0.1) is 18.8 Å². The van der Waals surface area contributed by atoms with Crippen molar-refractivity contribution in [3.8, 4) is 0 Å². The fraction of sp³-hybridized carbons (Fsp3) is 0.833. The van der Waals surface area contributed by atoms with Crippen LogP contribution in [0.2, 0.25) is 0 Å². The molecule has 4 nitrogen and oxygen atoms in total. The Balaban J connectivity index is 3.63. The Kier molecular flexibility index (Phi) is 25.6. The van der Waals surface area contributed by atoms with Crippen LogP contribution >= 0.6 is 0 Å². The van der Waals surface area contributed by atoms with Gasteiger partial charge in [-0.25, -0.2) is 0 Å². The molecular formula is C30H57NO3. The van der Waals surface area contributed by atoms with E-state index >= 15 is 0 Å². The predicted octanol–water partition coefficient (Wildman–Crippen LogP) is 7.78. The first-order chi connectivity index (χ1) is 16.7. The van der Waals surface area contributed by atoms with Crippen LogP contribution in [0.3, 0.4) is 0 Å². The Morgan fingerprint density at radius 3 is 1.65 bits per heavy atom. The second-order valence-electron chi connectivity index (χ2n) is 9.81. The number of rotatable bonds is 25. The Hall–Kier alpha value is -1.13. The molecule has 3 N–H and O–H groups in total. The van der Waals surface area contributed by atoms with Crippen LogP contribution in [-0.4, -0.2) is 34.9 Å². The fourth-order valence-electron chi connectivity index (χ4n) is 4.11. The molecule has 0 bridgehead atoms. The maximum Gasteiger partial charge on any atom is 0.220 e. The molecule has 0 radical (unpaired) electrons. The third-order valence-corrected chi connectivity index (χ3v) is 6.43. The van der Waals surface area contributed by atoms with Gasteiger partial charge in [-0.2, -0.15) is 0 Å². The van der Waals surface area contributed by atoms with Crippen molar-refractivity contribution < 1.29 is 15.0 Å². The fourth-order valence-corrected chi connectivity index (χ4v) is 4.11. The normalized spacial score (nSPS) is 13.6. The molecule has 0 aromatic rings.